The first kappa shape index (κ1) is 23.5. The maximum atomic E-state index is 11.6. The molecule has 1 saturated heterocycles. The van der Waals surface area contributed by atoms with Gasteiger partial charge >= 0.3 is 5.97 Å². The van der Waals surface area contributed by atoms with Crippen molar-refractivity contribution in [2.45, 2.75) is 78.2 Å². The molecule has 0 radical (unpaired) electrons. The van der Waals surface area contributed by atoms with E-state index in [2.05, 4.69) is 17.1 Å². The average Bonchev–Trinajstić information content (AvgIpc) is 2.97. The molecule has 0 aromatic rings. The van der Waals surface area contributed by atoms with Gasteiger partial charge < -0.3 is 15.0 Å². The van der Waals surface area contributed by atoms with Crippen molar-refractivity contribution in [2.24, 2.45) is 4.99 Å². The monoisotopic (exact) mass is 453 g/mol. The highest BCUT2D eigenvalue weighted by molar-refractivity contribution is 14.0. The van der Waals surface area contributed by atoms with Gasteiger partial charge in [-0.25, -0.2) is 0 Å². The fraction of sp³-hybridized carbons (Fsp3) is 0.889. The van der Waals surface area contributed by atoms with E-state index in [0.29, 0.717) is 6.42 Å². The lowest BCUT2D eigenvalue weighted by atomic mass is 10.1. The van der Waals surface area contributed by atoms with Crippen molar-refractivity contribution in [3.8, 4) is 0 Å². The molecule has 1 heterocycles. The molecule has 0 amide bonds. The molecule has 1 aliphatic heterocycles. The van der Waals surface area contributed by atoms with Crippen LogP contribution in [0.25, 0.3) is 0 Å². The molecule has 0 unspecified atom stereocenters. The summed E-state index contributed by atoms with van der Waals surface area (Å²) in [4.78, 5) is 18.7. The second-order valence-corrected chi connectivity index (χ2v) is 7.18. The van der Waals surface area contributed by atoms with E-state index in [1.165, 1.54) is 12.8 Å². The predicted molar refractivity (Wildman–Crippen MR) is 111 cm³/mol. The molecule has 1 fully saturated rings. The third-order valence-corrected chi connectivity index (χ3v) is 3.71. The smallest absolute Gasteiger partial charge is 0.306 e. The molecule has 24 heavy (non-hydrogen) atoms. The first-order valence-corrected chi connectivity index (χ1v) is 9.17. The molecule has 0 aliphatic carbocycles. The van der Waals surface area contributed by atoms with E-state index >= 15 is 0 Å². The van der Waals surface area contributed by atoms with Crippen LogP contribution in [0.5, 0.6) is 0 Å². The van der Waals surface area contributed by atoms with Gasteiger partial charge in [-0.05, 0) is 53.4 Å². The second-order valence-electron chi connectivity index (χ2n) is 7.18. The topological polar surface area (TPSA) is 53.9 Å². The van der Waals surface area contributed by atoms with Crippen molar-refractivity contribution in [3.05, 3.63) is 0 Å². The number of hydrogen-bond donors (Lipinski definition) is 1. The van der Waals surface area contributed by atoms with Crippen LogP contribution in [0.1, 0.15) is 72.6 Å². The highest BCUT2D eigenvalue weighted by Gasteiger charge is 2.16. The highest BCUT2D eigenvalue weighted by atomic mass is 127. The van der Waals surface area contributed by atoms with Crippen molar-refractivity contribution in [2.75, 3.05) is 26.2 Å². The number of likely N-dealkylation sites (tertiary alicyclic amines) is 1. The molecule has 0 aromatic heterocycles. The lowest BCUT2D eigenvalue weighted by molar-refractivity contribution is -0.154. The van der Waals surface area contributed by atoms with Crippen LogP contribution in [0.15, 0.2) is 4.99 Å². The normalized spacial score (nSPS) is 15.2. The summed E-state index contributed by atoms with van der Waals surface area (Å²) in [5, 5.41) is 3.38. The lowest BCUT2D eigenvalue weighted by Gasteiger charge is -2.20. The Morgan fingerprint density at radius 3 is 2.33 bits per heavy atom. The van der Waals surface area contributed by atoms with E-state index in [1.807, 2.05) is 20.8 Å². The minimum atomic E-state index is -0.371. The molecule has 0 saturated carbocycles. The van der Waals surface area contributed by atoms with Crippen LogP contribution in [0.4, 0.5) is 0 Å². The largest absolute Gasteiger partial charge is 0.460 e. The first-order chi connectivity index (χ1) is 10.9. The number of guanidine groups is 1. The number of rotatable bonds is 8. The Morgan fingerprint density at radius 2 is 1.75 bits per heavy atom. The van der Waals surface area contributed by atoms with Gasteiger partial charge in [0.15, 0.2) is 5.96 Å². The Kier molecular flexibility index (Phi) is 12.5. The average molecular weight is 453 g/mol. The molecule has 5 nitrogen and oxygen atoms in total. The third kappa shape index (κ3) is 11.1. The first-order valence-electron chi connectivity index (χ1n) is 9.17. The van der Waals surface area contributed by atoms with Crippen LogP contribution in [-0.4, -0.2) is 48.6 Å². The van der Waals surface area contributed by atoms with Crippen LogP contribution >= 0.6 is 24.0 Å². The van der Waals surface area contributed by atoms with E-state index in [-0.39, 0.29) is 35.5 Å². The van der Waals surface area contributed by atoms with Crippen molar-refractivity contribution in [1.82, 2.24) is 10.2 Å². The number of esters is 1. The van der Waals surface area contributed by atoms with Gasteiger partial charge in [0.05, 0.1) is 0 Å². The number of aliphatic imine (C=N–C) groups is 1. The van der Waals surface area contributed by atoms with Gasteiger partial charge in [-0.1, -0.05) is 12.8 Å². The lowest BCUT2D eigenvalue weighted by Crippen LogP contribution is -2.39. The Labute approximate surface area is 165 Å². The number of ether oxygens (including phenoxy) is 1. The Hall–Kier alpha value is -0.530. The molecular weight excluding hydrogens is 417 g/mol. The summed E-state index contributed by atoms with van der Waals surface area (Å²) in [5.41, 5.74) is -0.371. The zero-order valence-corrected chi connectivity index (χ0v) is 18.2. The van der Waals surface area contributed by atoms with Gasteiger partial charge in [-0.15, -0.1) is 24.0 Å². The standard InChI is InChI=1S/C18H35N3O2.HI/c1-5-19-17(21-14-10-11-15-21)20-13-9-7-6-8-12-16(22)23-18(2,3)4;/h5-15H2,1-4H3,(H,19,20);1H. The van der Waals surface area contributed by atoms with Gasteiger partial charge in [0.25, 0.3) is 0 Å². The Balaban J connectivity index is 0.00000529. The molecule has 0 bridgehead atoms. The minimum absolute atomic E-state index is 0. The van der Waals surface area contributed by atoms with Crippen molar-refractivity contribution >= 4 is 35.9 Å². The Bertz CT molecular complexity index is 375. The van der Waals surface area contributed by atoms with Gasteiger partial charge in [0.1, 0.15) is 5.60 Å². The van der Waals surface area contributed by atoms with Crippen LogP contribution in [-0.2, 0) is 9.53 Å². The fourth-order valence-electron chi connectivity index (χ4n) is 2.67. The minimum Gasteiger partial charge on any atom is -0.460 e. The van der Waals surface area contributed by atoms with E-state index in [9.17, 15) is 4.79 Å². The van der Waals surface area contributed by atoms with E-state index in [4.69, 9.17) is 9.73 Å². The van der Waals surface area contributed by atoms with Crippen LogP contribution in [0.2, 0.25) is 0 Å². The van der Waals surface area contributed by atoms with E-state index in [1.54, 1.807) is 0 Å². The van der Waals surface area contributed by atoms with Crippen molar-refractivity contribution < 1.29 is 9.53 Å². The van der Waals surface area contributed by atoms with Gasteiger partial charge in [0.2, 0.25) is 0 Å². The van der Waals surface area contributed by atoms with Crippen LogP contribution in [0.3, 0.4) is 0 Å². The summed E-state index contributed by atoms with van der Waals surface area (Å²) in [7, 11) is 0. The SMILES string of the molecule is CCNC(=NCCCCCCC(=O)OC(C)(C)C)N1CCCC1.I. The zero-order valence-electron chi connectivity index (χ0n) is 15.9. The number of carbonyl (C=O) groups is 1. The predicted octanol–water partition coefficient (Wildman–Crippen LogP) is 3.96. The summed E-state index contributed by atoms with van der Waals surface area (Å²) >= 11 is 0. The maximum absolute atomic E-state index is 11.6. The molecule has 6 heteroatoms. The molecule has 1 rings (SSSR count). The maximum Gasteiger partial charge on any atom is 0.306 e. The number of carbonyl (C=O) groups excluding carboxylic acids is 1. The molecule has 142 valence electrons. The van der Waals surface area contributed by atoms with Gasteiger partial charge in [-0.3, -0.25) is 9.79 Å². The van der Waals surface area contributed by atoms with Crippen LogP contribution in [0, 0.1) is 0 Å². The molecular formula is C18H36IN3O2. The quantitative estimate of drug-likeness (QED) is 0.199. The van der Waals surface area contributed by atoms with Crippen molar-refractivity contribution in [3.63, 3.8) is 0 Å². The fourth-order valence-corrected chi connectivity index (χ4v) is 2.67. The number of hydrogen-bond acceptors (Lipinski definition) is 3. The summed E-state index contributed by atoms with van der Waals surface area (Å²) < 4.78 is 5.31. The number of nitrogens with zero attached hydrogens (tertiary/aromatic N) is 2. The van der Waals surface area contributed by atoms with E-state index < -0.39 is 0 Å². The Morgan fingerprint density at radius 1 is 1.12 bits per heavy atom. The molecule has 0 atom stereocenters. The zero-order chi connectivity index (χ0) is 17.1. The molecule has 0 aromatic carbocycles. The molecule has 1 N–H and O–H groups in total. The highest BCUT2D eigenvalue weighted by Crippen LogP contribution is 2.11. The van der Waals surface area contributed by atoms with Gasteiger partial charge in [-0.2, -0.15) is 0 Å². The third-order valence-electron chi connectivity index (χ3n) is 3.71. The number of nitrogens with one attached hydrogen (secondary N) is 1. The molecule has 0 spiro atoms. The van der Waals surface area contributed by atoms with Crippen LogP contribution < -0.4 is 5.32 Å². The second kappa shape index (κ2) is 12.8. The summed E-state index contributed by atoms with van der Waals surface area (Å²) in [6.07, 6.45) is 7.24. The number of halogens is 1. The van der Waals surface area contributed by atoms with Gasteiger partial charge in [0, 0.05) is 32.6 Å². The summed E-state index contributed by atoms with van der Waals surface area (Å²) in [6.45, 7) is 11.9. The summed E-state index contributed by atoms with van der Waals surface area (Å²) in [6, 6.07) is 0. The number of unbranched alkanes of at least 4 members (excludes halogenated alkanes) is 3. The van der Waals surface area contributed by atoms with E-state index in [0.717, 1.165) is 57.8 Å². The summed E-state index contributed by atoms with van der Waals surface area (Å²) in [5.74, 6) is 0.984. The van der Waals surface area contributed by atoms with Crippen molar-refractivity contribution in [1.29, 1.82) is 0 Å². The molecule has 1 aliphatic rings.